The quantitative estimate of drug-likeness (QED) is 0.146. The Morgan fingerprint density at radius 2 is 1.42 bits per heavy atom. The van der Waals surface area contributed by atoms with Crippen LogP contribution in [0.3, 0.4) is 0 Å². The molecular formula is C33H37N3O6S. The summed E-state index contributed by atoms with van der Waals surface area (Å²) in [5.74, 6) is 0.584. The van der Waals surface area contributed by atoms with Gasteiger partial charge in [-0.3, -0.25) is 4.79 Å². The lowest BCUT2D eigenvalue weighted by molar-refractivity contribution is -0.138. The smallest absolute Gasteiger partial charge is 0.322 e. The number of carbonyl (C=O) groups is 1. The van der Waals surface area contributed by atoms with E-state index in [2.05, 4.69) is 21.6 Å². The van der Waals surface area contributed by atoms with Crippen LogP contribution in [0.15, 0.2) is 90.1 Å². The number of rotatable bonds is 16. The molecule has 4 rings (SSSR count). The molecule has 43 heavy (non-hydrogen) atoms. The third-order valence-corrected chi connectivity index (χ3v) is 8.46. The Morgan fingerprint density at radius 1 is 0.814 bits per heavy atom. The molecular weight excluding hydrogens is 566 g/mol. The van der Waals surface area contributed by atoms with Crippen LogP contribution in [0.1, 0.15) is 44.6 Å². The van der Waals surface area contributed by atoms with Gasteiger partial charge in [-0.1, -0.05) is 69.0 Å². The fraction of sp³-hybridized carbons (Fsp3) is 0.303. The summed E-state index contributed by atoms with van der Waals surface area (Å²) in [6.07, 6.45) is 9.48. The van der Waals surface area contributed by atoms with Gasteiger partial charge in [-0.15, -0.1) is 0 Å². The van der Waals surface area contributed by atoms with Gasteiger partial charge >= 0.3 is 5.97 Å². The summed E-state index contributed by atoms with van der Waals surface area (Å²) in [6.45, 7) is 2.93. The zero-order valence-electron chi connectivity index (χ0n) is 24.4. The molecule has 0 spiro atoms. The van der Waals surface area contributed by atoms with Crippen LogP contribution in [0.4, 0.5) is 0 Å². The molecule has 9 nitrogen and oxygen atoms in total. The maximum absolute atomic E-state index is 12.8. The van der Waals surface area contributed by atoms with E-state index in [4.69, 9.17) is 9.47 Å². The molecule has 0 saturated carbocycles. The number of aliphatic carboxylic acids is 1. The minimum absolute atomic E-state index is 0.0383. The Labute approximate surface area is 253 Å². The lowest BCUT2D eigenvalue weighted by atomic mass is 10.0. The molecule has 0 unspecified atom stereocenters. The molecule has 4 aromatic rings. The Bertz CT molecular complexity index is 1560. The van der Waals surface area contributed by atoms with Crippen LogP contribution < -0.4 is 14.2 Å². The molecule has 0 aliphatic carbocycles. The molecule has 0 bridgehead atoms. The average molecular weight is 604 g/mol. The van der Waals surface area contributed by atoms with Crippen molar-refractivity contribution < 1.29 is 27.8 Å². The van der Waals surface area contributed by atoms with Gasteiger partial charge in [0.1, 0.15) is 17.5 Å². The molecule has 0 amide bonds. The summed E-state index contributed by atoms with van der Waals surface area (Å²) >= 11 is 0. The Kier molecular flexibility index (Phi) is 11.2. The number of carboxylic acid groups (broad SMARTS) is 1. The predicted octanol–water partition coefficient (Wildman–Crippen LogP) is 6.14. The minimum Gasteiger partial charge on any atom is -0.497 e. The highest BCUT2D eigenvalue weighted by molar-refractivity contribution is 7.89. The molecule has 2 N–H and O–H groups in total. The van der Waals surface area contributed by atoms with Crippen LogP contribution in [-0.4, -0.2) is 49.2 Å². The summed E-state index contributed by atoms with van der Waals surface area (Å²) in [7, 11) is -2.58. The van der Waals surface area contributed by atoms with Crippen LogP contribution in [0.2, 0.25) is 0 Å². The van der Waals surface area contributed by atoms with E-state index < -0.39 is 22.0 Å². The zero-order valence-corrected chi connectivity index (χ0v) is 25.2. The van der Waals surface area contributed by atoms with E-state index in [9.17, 15) is 18.3 Å². The lowest BCUT2D eigenvalue weighted by Crippen LogP contribution is -2.42. The Hall–Kier alpha value is -4.28. The third kappa shape index (κ3) is 9.10. The van der Waals surface area contributed by atoms with Gasteiger partial charge in [-0.2, -0.15) is 4.72 Å². The summed E-state index contributed by atoms with van der Waals surface area (Å²) in [4.78, 5) is 20.9. The molecule has 10 heteroatoms. The van der Waals surface area contributed by atoms with Gasteiger partial charge in [-0.25, -0.2) is 18.4 Å². The number of hydrogen-bond donors (Lipinski definition) is 2. The van der Waals surface area contributed by atoms with Crippen molar-refractivity contribution in [1.82, 2.24) is 14.7 Å². The monoisotopic (exact) mass is 603 g/mol. The predicted molar refractivity (Wildman–Crippen MR) is 166 cm³/mol. The molecule has 226 valence electrons. The molecule has 0 saturated heterocycles. The van der Waals surface area contributed by atoms with Gasteiger partial charge in [-0.05, 0) is 60.4 Å². The van der Waals surface area contributed by atoms with Crippen LogP contribution in [0.5, 0.6) is 11.5 Å². The zero-order chi connectivity index (χ0) is 30.7. The van der Waals surface area contributed by atoms with Crippen molar-refractivity contribution in [3.8, 4) is 34.0 Å². The number of ether oxygens (including phenoxy) is 2. The van der Waals surface area contributed by atoms with Crippen molar-refractivity contribution in [3.05, 3.63) is 90.8 Å². The van der Waals surface area contributed by atoms with E-state index in [0.29, 0.717) is 17.1 Å². The highest BCUT2D eigenvalue weighted by atomic mass is 32.2. The standard InChI is InChI=1S/C33H37N3O6S/c1-3-4-5-6-7-20-42-29-14-12-25(13-15-29)27-22-34-32(35-23-27)26-10-8-24(9-11-26)21-31(33(37)38)36-43(39,40)30-18-16-28(41-2)17-19-30/h8-19,22-23,31,36H,3-7,20-21H2,1-2H3,(H,37,38)/t31-/m0/s1. The molecule has 0 fully saturated rings. The third-order valence-electron chi connectivity index (χ3n) is 6.97. The first-order valence-corrected chi connectivity index (χ1v) is 15.8. The first-order chi connectivity index (χ1) is 20.8. The number of nitrogens with one attached hydrogen (secondary N) is 1. The van der Waals surface area contributed by atoms with E-state index in [-0.39, 0.29) is 11.3 Å². The summed E-state index contributed by atoms with van der Waals surface area (Å²) in [5.41, 5.74) is 3.26. The van der Waals surface area contributed by atoms with Crippen molar-refractivity contribution in [1.29, 1.82) is 0 Å². The number of unbranched alkanes of at least 4 members (excludes halogenated alkanes) is 4. The minimum atomic E-state index is -4.05. The van der Waals surface area contributed by atoms with Crippen LogP contribution in [0.25, 0.3) is 22.5 Å². The number of methoxy groups -OCH3 is 1. The first kappa shape index (κ1) is 31.7. The number of benzene rings is 3. The second-order valence-corrected chi connectivity index (χ2v) is 11.9. The van der Waals surface area contributed by atoms with Crippen molar-refractivity contribution in [3.63, 3.8) is 0 Å². The summed E-state index contributed by atoms with van der Waals surface area (Å²) in [6, 6.07) is 19.3. The fourth-order valence-corrected chi connectivity index (χ4v) is 5.67. The summed E-state index contributed by atoms with van der Waals surface area (Å²) in [5, 5.41) is 9.70. The SMILES string of the molecule is CCCCCCCOc1ccc(-c2cnc(-c3ccc(C[C@H](NS(=O)(=O)c4ccc(OC)cc4)C(=O)O)cc3)nc2)cc1. The van der Waals surface area contributed by atoms with E-state index in [1.165, 1.54) is 57.1 Å². The first-order valence-electron chi connectivity index (χ1n) is 14.3. The van der Waals surface area contributed by atoms with Gasteiger partial charge in [0.25, 0.3) is 0 Å². The van der Waals surface area contributed by atoms with Gasteiger partial charge in [0, 0.05) is 23.5 Å². The van der Waals surface area contributed by atoms with Crippen molar-refractivity contribution in [2.24, 2.45) is 0 Å². The van der Waals surface area contributed by atoms with Crippen LogP contribution in [0, 0.1) is 0 Å². The van der Waals surface area contributed by atoms with E-state index in [1.807, 2.05) is 24.3 Å². The number of hydrogen-bond acceptors (Lipinski definition) is 7. The average Bonchev–Trinajstić information content (AvgIpc) is 3.03. The highest BCUT2D eigenvalue weighted by Crippen LogP contribution is 2.24. The van der Waals surface area contributed by atoms with Crippen LogP contribution in [-0.2, 0) is 21.2 Å². The molecule has 0 aliphatic rings. The largest absolute Gasteiger partial charge is 0.497 e. The molecule has 1 atom stereocenters. The van der Waals surface area contributed by atoms with Gasteiger partial charge in [0.2, 0.25) is 10.0 Å². The Balaban J connectivity index is 1.34. The number of carboxylic acids is 1. The molecule has 1 aromatic heterocycles. The van der Waals surface area contributed by atoms with Crippen molar-refractivity contribution in [2.45, 2.75) is 56.4 Å². The molecule has 3 aromatic carbocycles. The van der Waals surface area contributed by atoms with Crippen molar-refractivity contribution >= 4 is 16.0 Å². The van der Waals surface area contributed by atoms with Crippen LogP contribution >= 0.6 is 0 Å². The number of aromatic nitrogens is 2. The van der Waals surface area contributed by atoms with E-state index >= 15 is 0 Å². The number of nitrogens with zero attached hydrogens (tertiary/aromatic N) is 2. The highest BCUT2D eigenvalue weighted by Gasteiger charge is 2.26. The lowest BCUT2D eigenvalue weighted by Gasteiger charge is -2.15. The maximum atomic E-state index is 12.8. The Morgan fingerprint density at radius 3 is 2.02 bits per heavy atom. The van der Waals surface area contributed by atoms with Gasteiger partial charge in [0.15, 0.2) is 5.82 Å². The van der Waals surface area contributed by atoms with Gasteiger partial charge in [0.05, 0.1) is 18.6 Å². The normalized spacial score (nSPS) is 12.0. The topological polar surface area (TPSA) is 128 Å². The van der Waals surface area contributed by atoms with E-state index in [0.717, 1.165) is 35.5 Å². The fourth-order valence-electron chi connectivity index (χ4n) is 4.48. The van der Waals surface area contributed by atoms with Crippen molar-refractivity contribution in [2.75, 3.05) is 13.7 Å². The summed E-state index contributed by atoms with van der Waals surface area (Å²) < 4.78 is 38.7. The maximum Gasteiger partial charge on any atom is 0.322 e. The second-order valence-electron chi connectivity index (χ2n) is 10.2. The van der Waals surface area contributed by atoms with E-state index in [1.54, 1.807) is 36.7 Å². The molecule has 0 aliphatic heterocycles. The second kappa shape index (κ2) is 15.3. The molecule has 1 heterocycles. The molecule has 0 radical (unpaired) electrons. The van der Waals surface area contributed by atoms with Gasteiger partial charge < -0.3 is 14.6 Å². The number of sulfonamides is 1.